The van der Waals surface area contributed by atoms with Crippen molar-refractivity contribution < 1.29 is 4.74 Å². The molecule has 0 aliphatic carbocycles. The largest absolute Gasteiger partial charge is 0.375 e. The maximum absolute atomic E-state index is 5.88. The zero-order valence-corrected chi connectivity index (χ0v) is 9.47. The minimum absolute atomic E-state index is 0.155. The molecule has 16 heavy (non-hydrogen) atoms. The first kappa shape index (κ1) is 10.3. The maximum Gasteiger partial charge on any atom is 0.0682 e. The highest BCUT2D eigenvalue weighted by atomic mass is 16.5. The molecule has 2 fully saturated rings. The van der Waals surface area contributed by atoms with Crippen LogP contribution in [0.25, 0.3) is 0 Å². The highest BCUT2D eigenvalue weighted by Crippen LogP contribution is 2.44. The second kappa shape index (κ2) is 3.84. The minimum atomic E-state index is 0.155. The summed E-state index contributed by atoms with van der Waals surface area (Å²) in [5, 5.41) is 4.20. The van der Waals surface area contributed by atoms with Gasteiger partial charge in [0.05, 0.1) is 23.9 Å². The molecule has 0 aromatic carbocycles. The summed E-state index contributed by atoms with van der Waals surface area (Å²) in [6, 6.07) is 2.18. The van der Waals surface area contributed by atoms with Crippen molar-refractivity contribution in [3.63, 3.8) is 0 Å². The summed E-state index contributed by atoms with van der Waals surface area (Å²) < 4.78 is 7.77. The Labute approximate surface area is 94.9 Å². The number of nitrogens with one attached hydrogen (secondary N) is 1. The molecule has 4 unspecified atom stereocenters. The molecule has 3 heterocycles. The molecule has 2 saturated heterocycles. The second-order valence-electron chi connectivity index (χ2n) is 4.80. The van der Waals surface area contributed by atoms with Gasteiger partial charge in [0, 0.05) is 19.2 Å². The summed E-state index contributed by atoms with van der Waals surface area (Å²) in [4.78, 5) is 0. The number of ether oxygens (including phenoxy) is 1. The molecule has 0 radical (unpaired) electrons. The van der Waals surface area contributed by atoms with Gasteiger partial charge in [-0.05, 0) is 25.3 Å². The third-order valence-corrected chi connectivity index (χ3v) is 3.94. The van der Waals surface area contributed by atoms with Crippen LogP contribution in [-0.4, -0.2) is 22.0 Å². The van der Waals surface area contributed by atoms with Crippen molar-refractivity contribution in [1.29, 1.82) is 0 Å². The first-order chi connectivity index (χ1) is 7.79. The molecule has 3 N–H and O–H groups in total. The molecule has 5 nitrogen and oxygen atoms in total. The predicted octanol–water partition coefficient (Wildman–Crippen LogP) is 0.492. The normalized spacial score (nSPS) is 34.5. The van der Waals surface area contributed by atoms with Crippen LogP contribution in [0.1, 0.15) is 31.0 Å². The van der Waals surface area contributed by atoms with Crippen LogP contribution >= 0.6 is 0 Å². The number of aromatic nitrogens is 2. The molecule has 2 aliphatic heterocycles. The van der Waals surface area contributed by atoms with Crippen LogP contribution in [-0.2, 0) is 11.8 Å². The van der Waals surface area contributed by atoms with E-state index in [9.17, 15) is 0 Å². The standard InChI is InChI=1S/C11H18N4O/c1-15-9(4-5-13-15)11(14-12)8-6-7-2-3-10(8)16-7/h4-5,7-8,10-11,14H,2-3,6,12H2,1H3. The van der Waals surface area contributed by atoms with E-state index in [2.05, 4.69) is 10.5 Å². The van der Waals surface area contributed by atoms with E-state index in [0.717, 1.165) is 12.1 Å². The SMILES string of the molecule is Cn1nccc1C(NN)C1CC2CCC1O2. The topological polar surface area (TPSA) is 65.1 Å². The molecule has 88 valence electrons. The molecule has 1 aromatic heterocycles. The van der Waals surface area contributed by atoms with Crippen LogP contribution in [0, 0.1) is 5.92 Å². The molecule has 2 aliphatic rings. The molecular weight excluding hydrogens is 204 g/mol. The second-order valence-corrected chi connectivity index (χ2v) is 4.80. The van der Waals surface area contributed by atoms with Crippen molar-refractivity contribution >= 4 is 0 Å². The lowest BCUT2D eigenvalue weighted by molar-refractivity contribution is 0.0850. The van der Waals surface area contributed by atoms with Gasteiger partial charge in [0.25, 0.3) is 0 Å². The third kappa shape index (κ3) is 1.47. The van der Waals surface area contributed by atoms with E-state index >= 15 is 0 Å². The van der Waals surface area contributed by atoms with Crippen LogP contribution in [0.5, 0.6) is 0 Å². The number of rotatable bonds is 3. The maximum atomic E-state index is 5.88. The summed E-state index contributed by atoms with van der Waals surface area (Å²) in [6.07, 6.45) is 6.15. The number of aryl methyl sites for hydroxylation is 1. The number of hydrogen-bond acceptors (Lipinski definition) is 4. The van der Waals surface area contributed by atoms with Crippen molar-refractivity contribution in [2.45, 2.75) is 37.5 Å². The molecule has 2 bridgehead atoms. The first-order valence-electron chi connectivity index (χ1n) is 5.89. The first-order valence-corrected chi connectivity index (χ1v) is 5.89. The van der Waals surface area contributed by atoms with E-state index in [0.29, 0.717) is 18.1 Å². The average molecular weight is 222 g/mol. The highest BCUT2D eigenvalue weighted by molar-refractivity contribution is 5.11. The Balaban J connectivity index is 1.84. The summed E-state index contributed by atoms with van der Waals surface area (Å²) in [7, 11) is 1.95. The van der Waals surface area contributed by atoms with Gasteiger partial charge in [-0.15, -0.1) is 0 Å². The molecular formula is C11H18N4O. The van der Waals surface area contributed by atoms with E-state index in [-0.39, 0.29) is 6.04 Å². The molecule has 0 spiro atoms. The van der Waals surface area contributed by atoms with Gasteiger partial charge >= 0.3 is 0 Å². The van der Waals surface area contributed by atoms with Crippen molar-refractivity contribution in [3.8, 4) is 0 Å². The third-order valence-electron chi connectivity index (χ3n) is 3.94. The van der Waals surface area contributed by atoms with Gasteiger partial charge in [-0.1, -0.05) is 0 Å². The fourth-order valence-corrected chi connectivity index (χ4v) is 3.15. The van der Waals surface area contributed by atoms with Crippen LogP contribution in [0.4, 0.5) is 0 Å². The molecule has 3 rings (SSSR count). The Hall–Kier alpha value is -0.910. The highest BCUT2D eigenvalue weighted by Gasteiger charge is 2.45. The van der Waals surface area contributed by atoms with Gasteiger partial charge in [-0.3, -0.25) is 16.0 Å². The quantitative estimate of drug-likeness (QED) is 0.577. The smallest absolute Gasteiger partial charge is 0.0682 e. The van der Waals surface area contributed by atoms with E-state index in [1.165, 1.54) is 12.8 Å². The molecule has 1 aromatic rings. The van der Waals surface area contributed by atoms with Crippen LogP contribution in [0.15, 0.2) is 12.3 Å². The van der Waals surface area contributed by atoms with E-state index in [4.69, 9.17) is 10.6 Å². The van der Waals surface area contributed by atoms with Crippen molar-refractivity contribution in [1.82, 2.24) is 15.2 Å². The lowest BCUT2D eigenvalue weighted by atomic mass is 9.83. The van der Waals surface area contributed by atoms with E-state index in [1.807, 2.05) is 24.0 Å². The molecule has 5 heteroatoms. The summed E-state index contributed by atoms with van der Waals surface area (Å²) in [5.74, 6) is 6.18. The molecule has 0 saturated carbocycles. The van der Waals surface area contributed by atoms with Crippen LogP contribution in [0.2, 0.25) is 0 Å². The lowest BCUT2D eigenvalue weighted by Gasteiger charge is -2.27. The monoisotopic (exact) mass is 222 g/mol. The summed E-state index contributed by atoms with van der Waals surface area (Å²) in [5.41, 5.74) is 4.07. The number of hydrazine groups is 1. The lowest BCUT2D eigenvalue weighted by Crippen LogP contribution is -2.38. The Kier molecular flexibility index (Phi) is 2.46. The zero-order chi connectivity index (χ0) is 11.1. The predicted molar refractivity (Wildman–Crippen MR) is 59.3 cm³/mol. The van der Waals surface area contributed by atoms with Gasteiger partial charge in [-0.25, -0.2) is 0 Å². The number of hydrogen-bond donors (Lipinski definition) is 2. The van der Waals surface area contributed by atoms with Crippen molar-refractivity contribution in [2.75, 3.05) is 0 Å². The molecule has 0 amide bonds. The van der Waals surface area contributed by atoms with Crippen molar-refractivity contribution in [2.24, 2.45) is 18.8 Å². The van der Waals surface area contributed by atoms with Gasteiger partial charge < -0.3 is 4.74 Å². The van der Waals surface area contributed by atoms with E-state index in [1.54, 1.807) is 0 Å². The van der Waals surface area contributed by atoms with Crippen molar-refractivity contribution in [3.05, 3.63) is 18.0 Å². The Morgan fingerprint density at radius 2 is 2.50 bits per heavy atom. The zero-order valence-electron chi connectivity index (χ0n) is 9.47. The minimum Gasteiger partial charge on any atom is -0.375 e. The average Bonchev–Trinajstić information content (AvgIpc) is 2.97. The van der Waals surface area contributed by atoms with Gasteiger partial charge in [0.1, 0.15) is 0 Å². The fourth-order valence-electron chi connectivity index (χ4n) is 3.15. The van der Waals surface area contributed by atoms with Crippen LogP contribution in [0.3, 0.4) is 0 Å². The summed E-state index contributed by atoms with van der Waals surface area (Å²) >= 11 is 0. The Morgan fingerprint density at radius 1 is 1.62 bits per heavy atom. The Bertz CT molecular complexity index is 378. The van der Waals surface area contributed by atoms with Gasteiger partial charge in [0.2, 0.25) is 0 Å². The van der Waals surface area contributed by atoms with Crippen LogP contribution < -0.4 is 11.3 Å². The number of fused-ring (bicyclic) bond motifs is 2. The fraction of sp³-hybridized carbons (Fsp3) is 0.727. The van der Waals surface area contributed by atoms with Gasteiger partial charge in [0.15, 0.2) is 0 Å². The molecule has 4 atom stereocenters. The van der Waals surface area contributed by atoms with Gasteiger partial charge in [-0.2, -0.15) is 5.10 Å². The summed E-state index contributed by atoms with van der Waals surface area (Å²) in [6.45, 7) is 0. The van der Waals surface area contributed by atoms with E-state index < -0.39 is 0 Å². The number of nitrogens with two attached hydrogens (primary N) is 1. The number of nitrogens with zero attached hydrogens (tertiary/aromatic N) is 2. The Morgan fingerprint density at radius 3 is 3.00 bits per heavy atom.